The highest BCUT2D eigenvalue weighted by atomic mass is 16.1. The van der Waals surface area contributed by atoms with Crippen LogP contribution in [0.1, 0.15) is 19.3 Å². The molecule has 2 heterocycles. The van der Waals surface area contributed by atoms with Crippen molar-refractivity contribution in [2.24, 2.45) is 11.8 Å². The van der Waals surface area contributed by atoms with Crippen molar-refractivity contribution in [3.05, 3.63) is 0 Å². The van der Waals surface area contributed by atoms with E-state index in [0.717, 1.165) is 45.4 Å². The van der Waals surface area contributed by atoms with Crippen LogP contribution in [0.25, 0.3) is 0 Å². The fourth-order valence-corrected chi connectivity index (χ4v) is 2.54. The van der Waals surface area contributed by atoms with E-state index in [1.165, 1.54) is 0 Å². The molecule has 2 aliphatic rings. The Morgan fingerprint density at radius 2 is 1.93 bits per heavy atom. The minimum atomic E-state index is 0.322. The lowest BCUT2D eigenvalue weighted by Crippen LogP contribution is -2.32. The summed E-state index contributed by atoms with van der Waals surface area (Å²) in [6.45, 7) is 3.87. The van der Waals surface area contributed by atoms with E-state index in [1.54, 1.807) is 0 Å². The maximum Gasteiger partial charge on any atom is 0.140 e. The Balaban J connectivity index is 1.87. The van der Waals surface area contributed by atoms with Crippen molar-refractivity contribution in [3.63, 3.8) is 0 Å². The van der Waals surface area contributed by atoms with E-state index >= 15 is 0 Å². The summed E-state index contributed by atoms with van der Waals surface area (Å²) in [5.74, 6) is 1.16. The summed E-state index contributed by atoms with van der Waals surface area (Å²) in [6.07, 6.45) is 3.07. The highest BCUT2D eigenvalue weighted by molar-refractivity contribution is 5.84. The molecule has 79 valence electrons. The minimum absolute atomic E-state index is 0.322. The van der Waals surface area contributed by atoms with E-state index in [-0.39, 0.29) is 0 Å². The van der Waals surface area contributed by atoms with Gasteiger partial charge in [-0.3, -0.25) is 4.79 Å². The van der Waals surface area contributed by atoms with Gasteiger partial charge in [-0.05, 0) is 32.9 Å². The van der Waals surface area contributed by atoms with Crippen molar-refractivity contribution < 1.29 is 4.79 Å². The summed E-state index contributed by atoms with van der Waals surface area (Å²) in [7, 11) is 2.10. The number of piperidine rings is 1. The van der Waals surface area contributed by atoms with E-state index in [2.05, 4.69) is 17.3 Å². The molecule has 2 fully saturated rings. The number of ketones is 1. The highest BCUT2D eigenvalue weighted by Crippen LogP contribution is 2.24. The summed E-state index contributed by atoms with van der Waals surface area (Å²) >= 11 is 0. The fraction of sp³-hybridized carbons (Fsp3) is 0.909. The number of likely N-dealkylation sites (tertiary alicyclic amines) is 1. The zero-order chi connectivity index (χ0) is 9.97. The van der Waals surface area contributed by atoms with Crippen LogP contribution >= 0.6 is 0 Å². The van der Waals surface area contributed by atoms with Gasteiger partial charge >= 0.3 is 0 Å². The van der Waals surface area contributed by atoms with Crippen molar-refractivity contribution in [3.8, 4) is 0 Å². The minimum Gasteiger partial charge on any atom is -0.306 e. The summed E-state index contributed by atoms with van der Waals surface area (Å²) < 4.78 is 0. The monoisotopic (exact) mass is 195 g/mol. The Labute approximate surface area is 85.8 Å². The van der Waals surface area contributed by atoms with Gasteiger partial charge in [-0.15, -0.1) is 0 Å². The molecule has 0 aromatic carbocycles. The van der Waals surface area contributed by atoms with Gasteiger partial charge in [0.1, 0.15) is 5.78 Å². The van der Waals surface area contributed by atoms with E-state index in [0.29, 0.717) is 17.6 Å². The first kappa shape index (κ1) is 10.1. The lowest BCUT2D eigenvalue weighted by atomic mass is 9.86. The highest BCUT2D eigenvalue weighted by Gasteiger charge is 2.31. The van der Waals surface area contributed by atoms with Gasteiger partial charge in [-0.25, -0.2) is 5.32 Å². The molecule has 0 aromatic rings. The number of carbonyl (C=O) groups excluding carboxylic acids is 1. The predicted molar refractivity (Wildman–Crippen MR) is 55.2 cm³/mol. The topological polar surface area (TPSA) is 34.4 Å². The molecule has 2 saturated heterocycles. The summed E-state index contributed by atoms with van der Waals surface area (Å²) in [4.78, 5) is 14.3. The molecule has 3 heteroatoms. The number of hydrogen-bond acceptors (Lipinski definition) is 2. The molecular formula is C11H19N2O. The molecule has 0 amide bonds. The third-order valence-corrected chi connectivity index (χ3v) is 3.47. The first-order valence-corrected chi connectivity index (χ1v) is 5.63. The Bertz CT molecular complexity index is 205. The Morgan fingerprint density at radius 1 is 1.21 bits per heavy atom. The number of rotatable bonds is 2. The van der Waals surface area contributed by atoms with Crippen LogP contribution in [-0.2, 0) is 4.79 Å². The molecule has 0 saturated carbocycles. The zero-order valence-corrected chi connectivity index (χ0v) is 8.91. The molecular weight excluding hydrogens is 176 g/mol. The molecule has 0 N–H and O–H groups in total. The molecule has 0 spiro atoms. The first-order chi connectivity index (χ1) is 6.77. The maximum absolute atomic E-state index is 12.1. The van der Waals surface area contributed by atoms with Crippen LogP contribution in [0.5, 0.6) is 0 Å². The molecule has 2 aliphatic heterocycles. The SMILES string of the molecule is CN1CCC(C(=O)C2CC[N]CC2)C1. The van der Waals surface area contributed by atoms with Gasteiger partial charge in [0.05, 0.1) is 0 Å². The van der Waals surface area contributed by atoms with Crippen molar-refractivity contribution in [1.82, 2.24) is 10.2 Å². The molecule has 0 aliphatic carbocycles. The normalized spacial score (nSPS) is 30.8. The number of Topliss-reactive ketones (excluding diaryl/α,β-unsaturated/α-hetero) is 1. The van der Waals surface area contributed by atoms with Gasteiger partial charge in [0, 0.05) is 31.5 Å². The van der Waals surface area contributed by atoms with Gasteiger partial charge in [0.2, 0.25) is 0 Å². The van der Waals surface area contributed by atoms with E-state index < -0.39 is 0 Å². The zero-order valence-electron chi connectivity index (χ0n) is 8.91. The molecule has 0 aromatic heterocycles. The van der Waals surface area contributed by atoms with E-state index in [1.807, 2.05) is 0 Å². The molecule has 1 unspecified atom stereocenters. The third kappa shape index (κ3) is 2.15. The summed E-state index contributed by atoms with van der Waals surface area (Å²) in [5, 5.41) is 4.29. The molecule has 1 radical (unpaired) electrons. The standard InChI is InChI=1S/C11H19N2O/c1-13-7-4-10(8-13)11(14)9-2-5-12-6-3-9/h9-10H,2-8H2,1H3. The Kier molecular flexibility index (Phi) is 3.19. The predicted octanol–water partition coefficient (Wildman–Crippen LogP) is 0.522. The average Bonchev–Trinajstić information content (AvgIpc) is 2.65. The lowest BCUT2D eigenvalue weighted by molar-refractivity contribution is -0.127. The molecule has 0 bridgehead atoms. The van der Waals surface area contributed by atoms with Crippen LogP contribution in [0, 0.1) is 11.8 Å². The average molecular weight is 195 g/mol. The van der Waals surface area contributed by atoms with Crippen molar-refractivity contribution >= 4 is 5.78 Å². The number of hydrogen-bond donors (Lipinski definition) is 0. The van der Waals surface area contributed by atoms with E-state index in [9.17, 15) is 4.79 Å². The largest absolute Gasteiger partial charge is 0.306 e. The van der Waals surface area contributed by atoms with Crippen molar-refractivity contribution in [2.75, 3.05) is 33.2 Å². The lowest BCUT2D eigenvalue weighted by Gasteiger charge is -2.23. The van der Waals surface area contributed by atoms with Crippen LogP contribution in [0.15, 0.2) is 0 Å². The smallest absolute Gasteiger partial charge is 0.140 e. The molecule has 2 rings (SSSR count). The first-order valence-electron chi connectivity index (χ1n) is 5.63. The van der Waals surface area contributed by atoms with Crippen molar-refractivity contribution in [2.45, 2.75) is 19.3 Å². The maximum atomic E-state index is 12.1. The Morgan fingerprint density at radius 3 is 2.50 bits per heavy atom. The van der Waals surface area contributed by atoms with Gasteiger partial charge in [-0.2, -0.15) is 0 Å². The Hall–Kier alpha value is -0.410. The third-order valence-electron chi connectivity index (χ3n) is 3.47. The van der Waals surface area contributed by atoms with Crippen LogP contribution in [-0.4, -0.2) is 43.9 Å². The quantitative estimate of drug-likeness (QED) is 0.644. The van der Waals surface area contributed by atoms with Crippen LogP contribution in [0.2, 0.25) is 0 Å². The van der Waals surface area contributed by atoms with Crippen LogP contribution in [0.4, 0.5) is 0 Å². The van der Waals surface area contributed by atoms with Crippen molar-refractivity contribution in [1.29, 1.82) is 0 Å². The second-order valence-corrected chi connectivity index (χ2v) is 4.60. The second kappa shape index (κ2) is 4.41. The molecule has 14 heavy (non-hydrogen) atoms. The molecule has 1 atom stereocenters. The summed E-state index contributed by atoms with van der Waals surface area (Å²) in [6, 6.07) is 0. The van der Waals surface area contributed by atoms with Crippen LogP contribution < -0.4 is 5.32 Å². The van der Waals surface area contributed by atoms with Gasteiger partial charge in [0.25, 0.3) is 0 Å². The summed E-state index contributed by atoms with van der Waals surface area (Å²) in [5.41, 5.74) is 0. The second-order valence-electron chi connectivity index (χ2n) is 4.60. The van der Waals surface area contributed by atoms with Crippen LogP contribution in [0.3, 0.4) is 0 Å². The molecule has 3 nitrogen and oxygen atoms in total. The van der Waals surface area contributed by atoms with Gasteiger partial charge in [-0.1, -0.05) is 0 Å². The van der Waals surface area contributed by atoms with Gasteiger partial charge < -0.3 is 4.90 Å². The fourth-order valence-electron chi connectivity index (χ4n) is 2.54. The van der Waals surface area contributed by atoms with E-state index in [4.69, 9.17) is 0 Å². The number of carbonyl (C=O) groups is 1. The van der Waals surface area contributed by atoms with Gasteiger partial charge in [0.15, 0.2) is 0 Å². The number of nitrogens with zero attached hydrogens (tertiary/aromatic N) is 2.